The van der Waals surface area contributed by atoms with Gasteiger partial charge in [0.2, 0.25) is 0 Å². The second kappa shape index (κ2) is 20.1. The lowest BCUT2D eigenvalue weighted by Crippen LogP contribution is -2.06. The summed E-state index contributed by atoms with van der Waals surface area (Å²) in [5.74, 6) is 0.0500. The number of ketones is 1. The van der Waals surface area contributed by atoms with Crippen LogP contribution in [0.1, 0.15) is 93.6 Å². The van der Waals surface area contributed by atoms with Gasteiger partial charge in [-0.15, -0.1) is 0 Å². The fourth-order valence-electron chi connectivity index (χ4n) is 1.62. The molecular formula is C23H42F2O. The van der Waals surface area contributed by atoms with Crippen molar-refractivity contribution in [3.05, 3.63) is 35.4 Å². The third kappa shape index (κ3) is 16.2. The maximum absolute atomic E-state index is 12.4. The van der Waals surface area contributed by atoms with E-state index in [0.717, 1.165) is 30.4 Å². The second-order valence-corrected chi connectivity index (χ2v) is 6.15. The van der Waals surface area contributed by atoms with Gasteiger partial charge in [-0.2, -0.15) is 0 Å². The SMILES string of the molecule is CC.CCC(=O)C(C)CC.CCC(C)CC.CCc1ccc(F)c(F)c1. The van der Waals surface area contributed by atoms with E-state index in [2.05, 4.69) is 20.8 Å². The predicted molar refractivity (Wildman–Crippen MR) is 112 cm³/mol. The van der Waals surface area contributed by atoms with E-state index < -0.39 is 11.6 Å². The van der Waals surface area contributed by atoms with Crippen molar-refractivity contribution in [2.24, 2.45) is 11.8 Å². The Morgan fingerprint density at radius 2 is 1.38 bits per heavy atom. The molecule has 0 aromatic heterocycles. The molecule has 26 heavy (non-hydrogen) atoms. The maximum atomic E-state index is 12.4. The molecule has 0 aliphatic heterocycles. The van der Waals surface area contributed by atoms with Crippen LogP contribution in [0.5, 0.6) is 0 Å². The van der Waals surface area contributed by atoms with Gasteiger partial charge in [-0.05, 0) is 36.5 Å². The quantitative estimate of drug-likeness (QED) is 0.494. The van der Waals surface area contributed by atoms with Crippen molar-refractivity contribution in [3.8, 4) is 0 Å². The highest BCUT2D eigenvalue weighted by atomic mass is 19.2. The molecule has 1 aromatic carbocycles. The minimum Gasteiger partial charge on any atom is -0.299 e. The van der Waals surface area contributed by atoms with Crippen molar-refractivity contribution in [1.29, 1.82) is 0 Å². The number of Topliss-reactive ketones (excluding diaryl/α,β-unsaturated/α-hetero) is 1. The van der Waals surface area contributed by atoms with E-state index in [4.69, 9.17) is 0 Å². The van der Waals surface area contributed by atoms with E-state index in [-0.39, 0.29) is 5.92 Å². The smallest absolute Gasteiger partial charge is 0.159 e. The van der Waals surface area contributed by atoms with Crippen molar-refractivity contribution in [2.45, 2.75) is 94.4 Å². The third-order valence-corrected chi connectivity index (χ3v) is 4.30. The number of aryl methyl sites for hydroxylation is 1. The van der Waals surface area contributed by atoms with E-state index in [1.165, 1.54) is 18.9 Å². The molecule has 0 radical (unpaired) electrons. The van der Waals surface area contributed by atoms with Crippen LogP contribution in [-0.2, 0) is 11.2 Å². The summed E-state index contributed by atoms with van der Waals surface area (Å²) in [6, 6.07) is 3.95. The average molecular weight is 373 g/mol. The van der Waals surface area contributed by atoms with Crippen LogP contribution in [0.3, 0.4) is 0 Å². The topological polar surface area (TPSA) is 17.1 Å². The van der Waals surface area contributed by atoms with Gasteiger partial charge in [0.15, 0.2) is 11.6 Å². The normalized spacial score (nSPS) is 10.5. The van der Waals surface area contributed by atoms with Gasteiger partial charge in [-0.25, -0.2) is 8.78 Å². The maximum Gasteiger partial charge on any atom is 0.159 e. The summed E-state index contributed by atoms with van der Waals surface area (Å²) in [4.78, 5) is 10.7. The molecule has 1 aromatic rings. The molecule has 0 saturated carbocycles. The molecule has 0 heterocycles. The Kier molecular flexibility index (Phi) is 22.8. The number of halogens is 2. The number of hydrogen-bond donors (Lipinski definition) is 0. The van der Waals surface area contributed by atoms with Crippen LogP contribution < -0.4 is 0 Å². The molecule has 1 rings (SSSR count). The number of benzene rings is 1. The lowest BCUT2D eigenvalue weighted by Gasteiger charge is -2.02. The second-order valence-electron chi connectivity index (χ2n) is 6.15. The van der Waals surface area contributed by atoms with Gasteiger partial charge in [0.05, 0.1) is 0 Å². The summed E-state index contributed by atoms with van der Waals surface area (Å²) < 4.78 is 24.7. The Morgan fingerprint density at radius 3 is 1.62 bits per heavy atom. The zero-order valence-electron chi connectivity index (χ0n) is 18.6. The van der Waals surface area contributed by atoms with E-state index in [0.29, 0.717) is 12.2 Å². The van der Waals surface area contributed by atoms with Gasteiger partial charge in [0.1, 0.15) is 5.78 Å². The Labute approximate surface area is 161 Å². The molecule has 0 fully saturated rings. The molecule has 1 atom stereocenters. The molecule has 1 unspecified atom stereocenters. The molecule has 0 amide bonds. The highest BCUT2D eigenvalue weighted by Crippen LogP contribution is 2.08. The minimum atomic E-state index is -0.780. The van der Waals surface area contributed by atoms with Crippen LogP contribution in [-0.4, -0.2) is 5.78 Å². The van der Waals surface area contributed by atoms with Crippen molar-refractivity contribution >= 4 is 5.78 Å². The van der Waals surface area contributed by atoms with Crippen molar-refractivity contribution in [1.82, 2.24) is 0 Å². The predicted octanol–water partition coefficient (Wildman–Crippen LogP) is 8.01. The van der Waals surface area contributed by atoms with Gasteiger partial charge >= 0.3 is 0 Å². The lowest BCUT2D eigenvalue weighted by atomic mass is 10.0. The number of rotatable bonds is 6. The molecule has 0 spiro atoms. The van der Waals surface area contributed by atoms with Crippen LogP contribution in [0.2, 0.25) is 0 Å². The van der Waals surface area contributed by atoms with Crippen molar-refractivity contribution < 1.29 is 13.6 Å². The minimum absolute atomic E-state index is 0.278. The summed E-state index contributed by atoms with van der Waals surface area (Å²) in [5.41, 5.74) is 0.818. The third-order valence-electron chi connectivity index (χ3n) is 4.30. The molecule has 154 valence electrons. The molecule has 0 saturated heterocycles. The zero-order valence-corrected chi connectivity index (χ0v) is 18.6. The lowest BCUT2D eigenvalue weighted by molar-refractivity contribution is -0.122. The zero-order chi connectivity index (χ0) is 21.1. The van der Waals surface area contributed by atoms with Gasteiger partial charge in [-0.3, -0.25) is 4.79 Å². The van der Waals surface area contributed by atoms with Crippen LogP contribution >= 0.6 is 0 Å². The van der Waals surface area contributed by atoms with E-state index in [1.807, 2.05) is 41.5 Å². The van der Waals surface area contributed by atoms with Crippen molar-refractivity contribution in [2.75, 3.05) is 0 Å². The highest BCUT2D eigenvalue weighted by molar-refractivity contribution is 5.80. The summed E-state index contributed by atoms with van der Waals surface area (Å²) in [6.07, 6.45) is 5.06. The molecule has 0 aliphatic rings. The van der Waals surface area contributed by atoms with Gasteiger partial charge in [0, 0.05) is 12.3 Å². The number of carbonyl (C=O) groups is 1. The van der Waals surface area contributed by atoms with E-state index in [1.54, 1.807) is 6.07 Å². The first kappa shape index (κ1) is 29.5. The first-order valence-corrected chi connectivity index (χ1v) is 10.2. The summed E-state index contributed by atoms with van der Waals surface area (Å²) in [7, 11) is 0. The highest BCUT2D eigenvalue weighted by Gasteiger charge is 2.05. The fraction of sp³-hybridized carbons (Fsp3) is 0.696. The standard InChI is InChI=1S/C8H8F2.C7H14O.C6H14.C2H6/c1-2-6-3-4-7(9)8(10)5-6;1-4-6(3)7(8)5-2;1-4-6(3)5-2;1-2/h3-5H,2H2,1H3;6H,4-5H2,1-3H3;6H,4-5H2,1-3H3;1-2H3. The Bertz CT molecular complexity index is 440. The van der Waals surface area contributed by atoms with Crippen LogP contribution in [0, 0.1) is 23.5 Å². The summed E-state index contributed by atoms with van der Waals surface area (Å²) >= 11 is 0. The molecule has 3 heteroatoms. The molecule has 1 nitrogen and oxygen atoms in total. The molecule has 0 aliphatic carbocycles. The van der Waals surface area contributed by atoms with E-state index in [9.17, 15) is 13.6 Å². The molecular weight excluding hydrogens is 330 g/mol. The molecule has 0 N–H and O–H groups in total. The number of carbonyl (C=O) groups excluding carboxylic acids is 1. The van der Waals surface area contributed by atoms with E-state index >= 15 is 0 Å². The Balaban J connectivity index is -0.000000300. The van der Waals surface area contributed by atoms with Crippen LogP contribution in [0.15, 0.2) is 18.2 Å². The molecule has 0 bridgehead atoms. The van der Waals surface area contributed by atoms with Gasteiger partial charge < -0.3 is 0 Å². The first-order valence-electron chi connectivity index (χ1n) is 10.2. The summed E-state index contributed by atoms with van der Waals surface area (Å²) in [5, 5.41) is 0. The van der Waals surface area contributed by atoms with Gasteiger partial charge in [0.25, 0.3) is 0 Å². The Hall–Kier alpha value is -1.25. The number of hydrogen-bond acceptors (Lipinski definition) is 1. The van der Waals surface area contributed by atoms with Crippen molar-refractivity contribution in [3.63, 3.8) is 0 Å². The average Bonchev–Trinajstić information content (AvgIpc) is 2.70. The Morgan fingerprint density at radius 1 is 0.885 bits per heavy atom. The first-order chi connectivity index (χ1) is 12.3. The largest absolute Gasteiger partial charge is 0.299 e. The van der Waals surface area contributed by atoms with Gasteiger partial charge in [-0.1, -0.05) is 81.2 Å². The monoisotopic (exact) mass is 372 g/mol. The summed E-state index contributed by atoms with van der Waals surface area (Å²) in [6.45, 7) is 18.6. The fourth-order valence-corrected chi connectivity index (χ4v) is 1.62. The van der Waals surface area contributed by atoms with Crippen LogP contribution in [0.4, 0.5) is 8.78 Å². The van der Waals surface area contributed by atoms with Crippen LogP contribution in [0.25, 0.3) is 0 Å².